The SMILES string of the molecule is NCCS(=O)(=O)C[C@@H]1C[C@H](N)[C@@H](O[C@H]2O[C@H](CNCCO)C=C[C@H]2N)[C@H](O[C@@H]2O[C@H](CO)[C@@H](O[C@H]3O[C@@H](CN)[C@@H](O)[C@H](O)[C@H]3N)[C@H]2O)[C@H]1O.NC[C@@H]1O[C@H](O[C@H]2[C@@H](O)[C@H](O[C@@H]3[C@@H](O)[C@H](CCC(O)CO)C[C@H](N)[C@H]3O[C@H]3O[C@H](CNCCO)C=C[C@H]3N)O[C@@H]2CO)[C@H](N)[C@@H](O)[C@@H]1O.NC[C@@H]1O[C@H](O[C@H]2[C@@H](O)[C@H](O[C@@H]3[C@@H](O)[C@H](CCCO)C[C@H](N)[C@H]3O[C@H]3O[C@H](CNCCO)C=C[C@H]3N)O[C@@H]2CO)[C@H](N)[C@@H](O)[C@@H]1O. The molecule has 9 fully saturated rings. The Morgan fingerprint density at radius 1 is 0.322 bits per heavy atom. The van der Waals surface area contributed by atoms with Crippen molar-refractivity contribution in [2.45, 2.75) is 345 Å². The molecule has 834 valence electrons. The molecule has 6 saturated heterocycles. The lowest BCUT2D eigenvalue weighted by atomic mass is 9.77. The largest absolute Gasteiger partial charge is 0.396 e. The highest BCUT2D eigenvalue weighted by atomic mass is 32.2. The van der Waals surface area contributed by atoms with Crippen molar-refractivity contribution >= 4 is 9.84 Å². The van der Waals surface area contributed by atoms with Crippen molar-refractivity contribution in [1.82, 2.24) is 16.0 Å². The predicted octanol–water partition coefficient (Wildman–Crippen LogP) is -21.2. The maximum absolute atomic E-state index is 12.7. The molecule has 9 aliphatic heterocycles. The van der Waals surface area contributed by atoms with E-state index in [1.54, 1.807) is 36.5 Å². The van der Waals surface area contributed by atoms with E-state index in [0.717, 1.165) is 0 Å². The van der Waals surface area contributed by atoms with Crippen LogP contribution in [0.3, 0.4) is 0 Å². The second-order valence-electron chi connectivity index (χ2n) is 38.0. The van der Waals surface area contributed by atoms with Gasteiger partial charge in [-0.1, -0.05) is 36.5 Å². The molecule has 0 aromatic heterocycles. The molecule has 0 aromatic rings. The summed E-state index contributed by atoms with van der Waals surface area (Å²) in [5.74, 6) is -2.61. The van der Waals surface area contributed by atoms with Crippen LogP contribution in [0.4, 0.5) is 0 Å². The van der Waals surface area contributed by atoms with Gasteiger partial charge in [0.05, 0.1) is 137 Å². The predicted molar refractivity (Wildman–Crippen MR) is 492 cm³/mol. The molecular weight excluding hydrogens is 1930 g/mol. The van der Waals surface area contributed by atoms with Gasteiger partial charge < -0.3 is 283 Å². The highest BCUT2D eigenvalue weighted by molar-refractivity contribution is 7.91. The summed E-state index contributed by atoms with van der Waals surface area (Å²) in [6.45, 7) is -1.13. The molecule has 57 nitrogen and oxygen atoms in total. The number of rotatable bonds is 47. The Balaban J connectivity index is 0.000000220. The van der Waals surface area contributed by atoms with Crippen LogP contribution in [-0.4, -0.2) is 546 Å². The Kier molecular flexibility index (Phi) is 49.7. The van der Waals surface area contributed by atoms with E-state index in [0.29, 0.717) is 58.5 Å². The lowest BCUT2D eigenvalue weighted by Crippen LogP contribution is -2.64. The fourth-order valence-electron chi connectivity index (χ4n) is 19.4. The number of aliphatic hydroxyl groups excluding tert-OH is 21. The van der Waals surface area contributed by atoms with E-state index in [-0.39, 0.29) is 84.0 Å². The third-order valence-corrected chi connectivity index (χ3v) is 29.3. The molecule has 52 atom stereocenters. The van der Waals surface area contributed by atoms with Gasteiger partial charge in [0.2, 0.25) is 0 Å². The number of hydrogen-bond acceptors (Lipinski definition) is 57. The number of aliphatic hydroxyl groups is 21. The third kappa shape index (κ3) is 31.7. The maximum atomic E-state index is 12.7. The van der Waals surface area contributed by atoms with E-state index >= 15 is 0 Å². The quantitative estimate of drug-likeness (QED) is 0.0199. The van der Waals surface area contributed by atoms with E-state index in [4.69, 9.17) is 175 Å². The molecule has 50 N–H and O–H groups in total. The Morgan fingerprint density at radius 3 is 0.895 bits per heavy atom. The van der Waals surface area contributed by atoms with Crippen molar-refractivity contribution in [3.63, 3.8) is 0 Å². The Hall–Kier alpha value is -3.03. The molecule has 3 saturated carbocycles. The molecule has 0 bridgehead atoms. The summed E-state index contributed by atoms with van der Waals surface area (Å²) in [5, 5.41) is 226. The average Bonchev–Trinajstić information content (AvgIpc) is 1.71. The zero-order valence-electron chi connectivity index (χ0n) is 79.5. The van der Waals surface area contributed by atoms with E-state index in [1.807, 2.05) is 0 Å². The van der Waals surface area contributed by atoms with Crippen LogP contribution in [0.1, 0.15) is 44.9 Å². The average molecular weight is 2100 g/mol. The molecule has 9 heterocycles. The van der Waals surface area contributed by atoms with E-state index in [9.17, 15) is 100 Å². The van der Waals surface area contributed by atoms with Crippen molar-refractivity contribution in [3.05, 3.63) is 36.5 Å². The first kappa shape index (κ1) is 122. The van der Waals surface area contributed by atoms with Crippen molar-refractivity contribution in [2.75, 3.05) is 130 Å². The molecule has 0 spiro atoms. The van der Waals surface area contributed by atoms with Gasteiger partial charge in [0.1, 0.15) is 146 Å². The molecule has 143 heavy (non-hydrogen) atoms. The van der Waals surface area contributed by atoms with Crippen LogP contribution in [0, 0.1) is 17.8 Å². The molecule has 0 radical (unpaired) electrons. The van der Waals surface area contributed by atoms with E-state index in [1.165, 1.54) is 0 Å². The van der Waals surface area contributed by atoms with Crippen molar-refractivity contribution in [2.24, 2.45) is 92.3 Å². The van der Waals surface area contributed by atoms with Gasteiger partial charge in [-0.25, -0.2) is 8.42 Å². The van der Waals surface area contributed by atoms with Crippen molar-refractivity contribution in [3.8, 4) is 0 Å². The van der Waals surface area contributed by atoms with Gasteiger partial charge in [-0.05, 0) is 56.8 Å². The summed E-state index contributed by atoms with van der Waals surface area (Å²) < 4.78 is 133. The Morgan fingerprint density at radius 2 is 0.608 bits per heavy atom. The summed E-state index contributed by atoms with van der Waals surface area (Å²) in [4.78, 5) is 0. The summed E-state index contributed by atoms with van der Waals surface area (Å²) in [7, 11) is -3.70. The van der Waals surface area contributed by atoms with Gasteiger partial charge in [0, 0.05) is 96.1 Å². The van der Waals surface area contributed by atoms with Crippen molar-refractivity contribution in [1.29, 1.82) is 0 Å². The molecule has 58 heteroatoms. The van der Waals surface area contributed by atoms with Gasteiger partial charge in [-0.15, -0.1) is 0 Å². The van der Waals surface area contributed by atoms with Crippen LogP contribution in [0.15, 0.2) is 36.5 Å². The van der Waals surface area contributed by atoms with Gasteiger partial charge in [0.15, 0.2) is 66.4 Å². The maximum Gasteiger partial charge on any atom is 0.187 e. The molecular formula is C85H162N16O41S. The lowest BCUT2D eigenvalue weighted by Gasteiger charge is -2.46. The zero-order valence-corrected chi connectivity index (χ0v) is 80.4. The fourth-order valence-corrected chi connectivity index (χ4v) is 20.9. The van der Waals surface area contributed by atoms with Crippen LogP contribution < -0.4 is 90.5 Å². The fraction of sp³-hybridized carbons (Fsp3) is 0.929. The minimum atomic E-state index is -3.70. The summed E-state index contributed by atoms with van der Waals surface area (Å²) >= 11 is 0. The van der Waals surface area contributed by atoms with Gasteiger partial charge in [-0.2, -0.15) is 0 Å². The van der Waals surface area contributed by atoms with Crippen LogP contribution in [-0.2, 0) is 95.1 Å². The summed E-state index contributed by atoms with van der Waals surface area (Å²) in [6.07, 6.45) is -36.6. The van der Waals surface area contributed by atoms with E-state index < -0.39 is 360 Å². The lowest BCUT2D eigenvalue weighted by molar-refractivity contribution is -0.286. The van der Waals surface area contributed by atoms with Crippen LogP contribution in [0.25, 0.3) is 0 Å². The molecule has 0 amide bonds. The molecule has 3 aliphatic carbocycles. The van der Waals surface area contributed by atoms with Gasteiger partial charge >= 0.3 is 0 Å². The first-order chi connectivity index (χ1) is 68.2. The van der Waals surface area contributed by atoms with Crippen molar-refractivity contribution < 1.29 is 201 Å². The van der Waals surface area contributed by atoms with E-state index in [2.05, 4.69) is 16.0 Å². The second kappa shape index (κ2) is 58.3. The minimum absolute atomic E-state index is 0.00124. The van der Waals surface area contributed by atoms with Crippen LogP contribution >= 0.6 is 0 Å². The third-order valence-electron chi connectivity index (χ3n) is 27.5. The summed E-state index contributed by atoms with van der Waals surface area (Å²) in [6, 6.07) is -8.24. The first-order valence-corrected chi connectivity index (χ1v) is 50.5. The minimum Gasteiger partial charge on any atom is -0.396 e. The topological polar surface area (TPSA) is 999 Å². The first-order valence-electron chi connectivity index (χ1n) is 48.7. The highest BCUT2D eigenvalue weighted by Crippen LogP contribution is 2.43. The number of sulfone groups is 1. The number of nitrogens with two attached hydrogens (primary N) is 13. The second-order valence-corrected chi connectivity index (χ2v) is 40.2. The normalized spacial score (nSPS) is 45.7. The Bertz CT molecular complexity index is 3830. The Labute approximate surface area is 827 Å². The standard InChI is InChI=1S/C29H55N5O14.C28H54N6O14S.C28H53N5O13/c30-8-17-21(40)22(41)19(33)28(44-17)47-25-18(11-37)45-29(23(25)42)48-26-20(39)12(1-2-13(38)10-36)7-16(32)24(26)46-27-15(31)4-3-14(43-27)9-34-5-6-35;29-3-6-49(41,42)11-12-7-15(32)23(46-26-14(31)2-1-13(43-26)9-34-4-5-35)25(19(12)37)48-28-22(40)24(17(10-36)45-28)47-27-18(33)21(39)20(38)16(8-30)44-27;29-9-16-20(38)21(39)18(32)27(42-16)45-24-17(11-36)43-28(22(24)40)46-25-19(37)12(2-1-6-34)8-15(31)23(25)44-26-14(30)4-3-13(41-26)10-33-5-7-35/h3-4,12-29,34-42H,1-2,5-11,30-33H2;1-2,12-28,34-40H,3-11,29-33H2;3-4,12-28,33-40H,1-2,5-11,29-32H2/t12-,13?,14+,15-,16+,17+,18-,19-,20+,21-,22-,23-,24-,25-,26-,27-,28-,29+;12-,13-,14+,15-,16-,17+,18+,19-,20+,21+,22+,23+,24+,25+,26+,27+,28-;12-,13+,14-,15+,16+,17-,18-,19+,20-,21-,22-,23-,24-,25-,26-,27-,28+/m101/s1. The summed E-state index contributed by atoms with van der Waals surface area (Å²) in [5.41, 5.74) is 79.1. The van der Waals surface area contributed by atoms with Crippen LogP contribution in [0.2, 0.25) is 0 Å². The molecule has 1 unspecified atom stereocenters. The number of hydrogen-bond donors (Lipinski definition) is 37. The molecule has 0 aromatic carbocycles. The number of ether oxygens (including phenoxy) is 18. The van der Waals surface area contributed by atoms with Gasteiger partial charge in [0.25, 0.3) is 0 Å². The zero-order chi connectivity index (χ0) is 105. The monoisotopic (exact) mass is 2100 g/mol. The number of nitrogens with one attached hydrogen (secondary N) is 3. The van der Waals surface area contributed by atoms with Gasteiger partial charge in [-0.3, -0.25) is 0 Å². The smallest absolute Gasteiger partial charge is 0.187 e. The molecule has 12 aliphatic rings. The highest BCUT2D eigenvalue weighted by Gasteiger charge is 2.60. The molecule has 12 rings (SSSR count). The van der Waals surface area contributed by atoms with Crippen LogP contribution in [0.5, 0.6) is 0 Å².